The lowest BCUT2D eigenvalue weighted by Crippen LogP contribution is -2.25. The van der Waals surface area contributed by atoms with Gasteiger partial charge >= 0.3 is 0 Å². The Morgan fingerprint density at radius 3 is 2.50 bits per heavy atom. The predicted molar refractivity (Wildman–Crippen MR) is 52.7 cm³/mol. The molecule has 2 atom stereocenters. The van der Waals surface area contributed by atoms with Gasteiger partial charge in [-0.3, -0.25) is 0 Å². The van der Waals surface area contributed by atoms with Gasteiger partial charge in [0.1, 0.15) is 11.6 Å². The summed E-state index contributed by atoms with van der Waals surface area (Å²) in [4.78, 5) is 0. The quantitative estimate of drug-likeness (QED) is 0.805. The number of aliphatic hydroxyl groups excluding tert-OH is 1. The summed E-state index contributed by atoms with van der Waals surface area (Å²) in [5.41, 5.74) is 5.16. The summed E-state index contributed by atoms with van der Waals surface area (Å²) < 4.78 is 26.7. The summed E-state index contributed by atoms with van der Waals surface area (Å²) in [6.45, 7) is 1.38. The average molecular weight is 266 g/mol. The molecule has 0 amide bonds. The maximum Gasteiger partial charge on any atom is 0.145 e. The van der Waals surface area contributed by atoms with Crippen molar-refractivity contribution in [3.63, 3.8) is 0 Å². The number of halogens is 3. The van der Waals surface area contributed by atoms with Crippen LogP contribution in [0.1, 0.15) is 18.5 Å². The first kappa shape index (κ1) is 11.6. The fraction of sp³-hybridized carbons (Fsp3) is 0.333. The lowest BCUT2D eigenvalue weighted by Gasteiger charge is -2.17. The molecule has 0 aliphatic heterocycles. The second-order valence-electron chi connectivity index (χ2n) is 3.02. The van der Waals surface area contributed by atoms with Gasteiger partial charge in [0, 0.05) is 5.56 Å². The van der Waals surface area contributed by atoms with E-state index in [2.05, 4.69) is 15.9 Å². The van der Waals surface area contributed by atoms with Crippen molar-refractivity contribution >= 4 is 15.9 Å². The molecule has 1 aromatic carbocycles. The number of aliphatic hydroxyl groups is 1. The second kappa shape index (κ2) is 4.33. The molecule has 1 unspecified atom stereocenters. The first-order valence-corrected chi connectivity index (χ1v) is 4.81. The lowest BCUT2D eigenvalue weighted by molar-refractivity contribution is 0.160. The third-order valence-corrected chi connectivity index (χ3v) is 2.54. The van der Waals surface area contributed by atoms with Crippen LogP contribution in [0, 0.1) is 11.6 Å². The normalized spacial score (nSPS) is 15.3. The average Bonchev–Trinajstić information content (AvgIpc) is 2.12. The van der Waals surface area contributed by atoms with Gasteiger partial charge in [0.25, 0.3) is 0 Å². The Bertz CT molecular complexity index is 344. The van der Waals surface area contributed by atoms with E-state index in [1.807, 2.05) is 0 Å². The molecule has 0 bridgehead atoms. The fourth-order valence-corrected chi connectivity index (χ4v) is 1.44. The van der Waals surface area contributed by atoms with E-state index < -0.39 is 23.8 Å². The maximum absolute atomic E-state index is 13.4. The zero-order chi connectivity index (χ0) is 10.9. The molecule has 0 aromatic heterocycles. The predicted octanol–water partition coefficient (Wildman–Crippen LogP) is 2.11. The highest BCUT2D eigenvalue weighted by Crippen LogP contribution is 2.26. The highest BCUT2D eigenvalue weighted by atomic mass is 79.9. The molecular weight excluding hydrogens is 256 g/mol. The summed E-state index contributed by atoms with van der Waals surface area (Å²) in [7, 11) is 0. The first-order valence-electron chi connectivity index (χ1n) is 4.02. The molecule has 14 heavy (non-hydrogen) atoms. The topological polar surface area (TPSA) is 46.2 Å². The van der Waals surface area contributed by atoms with Crippen molar-refractivity contribution in [2.45, 2.75) is 19.1 Å². The van der Waals surface area contributed by atoms with Crippen LogP contribution in [0.3, 0.4) is 0 Å². The Morgan fingerprint density at radius 2 is 2.00 bits per heavy atom. The highest BCUT2D eigenvalue weighted by molar-refractivity contribution is 9.10. The zero-order valence-corrected chi connectivity index (χ0v) is 9.05. The van der Waals surface area contributed by atoms with E-state index in [-0.39, 0.29) is 10.0 Å². The van der Waals surface area contributed by atoms with Crippen LogP contribution in [0.2, 0.25) is 0 Å². The van der Waals surface area contributed by atoms with Crippen molar-refractivity contribution in [1.29, 1.82) is 0 Å². The smallest absolute Gasteiger partial charge is 0.145 e. The molecule has 0 spiro atoms. The minimum absolute atomic E-state index is 0.130. The van der Waals surface area contributed by atoms with E-state index in [0.717, 1.165) is 6.07 Å². The van der Waals surface area contributed by atoms with E-state index in [0.29, 0.717) is 0 Å². The van der Waals surface area contributed by atoms with Crippen molar-refractivity contribution < 1.29 is 13.9 Å². The molecule has 0 saturated carbocycles. The van der Waals surface area contributed by atoms with Crippen molar-refractivity contribution in [2.24, 2.45) is 5.73 Å². The van der Waals surface area contributed by atoms with Crippen molar-refractivity contribution in [3.05, 3.63) is 33.8 Å². The zero-order valence-electron chi connectivity index (χ0n) is 7.47. The van der Waals surface area contributed by atoms with Gasteiger partial charge in [0.05, 0.1) is 16.6 Å². The SMILES string of the molecule is CC(O)[C@H](N)c1c(F)ccc(Br)c1F. The summed E-state index contributed by atoms with van der Waals surface area (Å²) in [6.07, 6.45) is -1.01. The number of hydrogen-bond donors (Lipinski definition) is 2. The molecule has 0 aliphatic rings. The van der Waals surface area contributed by atoms with Gasteiger partial charge in [-0.15, -0.1) is 0 Å². The number of hydrogen-bond acceptors (Lipinski definition) is 2. The van der Waals surface area contributed by atoms with E-state index in [9.17, 15) is 8.78 Å². The lowest BCUT2D eigenvalue weighted by atomic mass is 10.0. The summed E-state index contributed by atoms with van der Waals surface area (Å²) in [6, 6.07) is 1.29. The molecular formula is C9H10BrF2NO. The fourth-order valence-electron chi connectivity index (χ4n) is 1.09. The van der Waals surface area contributed by atoms with Gasteiger partial charge in [-0.2, -0.15) is 0 Å². The summed E-state index contributed by atoms with van der Waals surface area (Å²) >= 11 is 2.92. The van der Waals surface area contributed by atoms with Gasteiger partial charge in [0.2, 0.25) is 0 Å². The Morgan fingerprint density at radius 1 is 1.43 bits per heavy atom. The van der Waals surface area contributed by atoms with Crippen LogP contribution in [0.25, 0.3) is 0 Å². The Kier molecular flexibility index (Phi) is 3.58. The molecule has 0 heterocycles. The van der Waals surface area contributed by atoms with Crippen LogP contribution in [0.15, 0.2) is 16.6 Å². The van der Waals surface area contributed by atoms with Crippen molar-refractivity contribution in [1.82, 2.24) is 0 Å². The van der Waals surface area contributed by atoms with Gasteiger partial charge < -0.3 is 10.8 Å². The number of nitrogens with two attached hydrogens (primary N) is 1. The monoisotopic (exact) mass is 265 g/mol. The summed E-state index contributed by atoms with van der Waals surface area (Å²) in [5, 5.41) is 9.14. The third-order valence-electron chi connectivity index (χ3n) is 1.93. The van der Waals surface area contributed by atoms with Crippen molar-refractivity contribution in [3.8, 4) is 0 Å². The molecule has 0 aliphatic carbocycles. The van der Waals surface area contributed by atoms with Crippen LogP contribution < -0.4 is 5.73 Å². The Hall–Kier alpha value is -0.520. The third kappa shape index (κ3) is 2.10. The standard InChI is InChI=1S/C9H10BrF2NO/c1-4(14)9(13)7-6(11)3-2-5(10)8(7)12/h2-4,9,14H,13H2,1H3/t4?,9-/m0/s1. The van der Waals surface area contributed by atoms with Crippen LogP contribution in [0.5, 0.6) is 0 Å². The van der Waals surface area contributed by atoms with E-state index >= 15 is 0 Å². The number of benzene rings is 1. The van der Waals surface area contributed by atoms with Crippen LogP contribution in [-0.2, 0) is 0 Å². The van der Waals surface area contributed by atoms with Crippen LogP contribution in [-0.4, -0.2) is 11.2 Å². The molecule has 1 aromatic rings. The van der Waals surface area contributed by atoms with Crippen LogP contribution >= 0.6 is 15.9 Å². The molecule has 0 fully saturated rings. The molecule has 3 N–H and O–H groups in total. The largest absolute Gasteiger partial charge is 0.391 e. The minimum atomic E-state index is -1.06. The van der Waals surface area contributed by atoms with Crippen molar-refractivity contribution in [2.75, 3.05) is 0 Å². The number of rotatable bonds is 2. The molecule has 2 nitrogen and oxygen atoms in total. The molecule has 78 valence electrons. The Labute approximate surface area is 88.9 Å². The molecule has 5 heteroatoms. The first-order chi connectivity index (χ1) is 6.45. The van der Waals surface area contributed by atoms with Gasteiger partial charge in [-0.25, -0.2) is 8.78 Å². The van der Waals surface area contributed by atoms with Crippen LogP contribution in [0.4, 0.5) is 8.78 Å². The molecule has 1 rings (SSSR count). The highest BCUT2D eigenvalue weighted by Gasteiger charge is 2.22. The van der Waals surface area contributed by atoms with E-state index in [1.54, 1.807) is 0 Å². The minimum Gasteiger partial charge on any atom is -0.391 e. The second-order valence-corrected chi connectivity index (χ2v) is 3.88. The van der Waals surface area contributed by atoms with E-state index in [4.69, 9.17) is 10.8 Å². The van der Waals surface area contributed by atoms with Gasteiger partial charge in [-0.1, -0.05) is 0 Å². The molecule has 0 radical (unpaired) electrons. The Balaban J connectivity index is 3.25. The van der Waals surface area contributed by atoms with E-state index in [1.165, 1.54) is 13.0 Å². The molecule has 0 saturated heterocycles. The maximum atomic E-state index is 13.4. The summed E-state index contributed by atoms with van der Waals surface area (Å²) in [5.74, 6) is -1.52. The van der Waals surface area contributed by atoms with Gasteiger partial charge in [0.15, 0.2) is 0 Å². The van der Waals surface area contributed by atoms with Gasteiger partial charge in [-0.05, 0) is 35.0 Å².